The molecule has 2 rings (SSSR count). The zero-order valence-electron chi connectivity index (χ0n) is 14.7. The van der Waals surface area contributed by atoms with Gasteiger partial charge in [0.25, 0.3) is 0 Å². The molecule has 1 aliphatic rings. The number of carbonyl (C=O) groups excluding carboxylic acids is 1. The van der Waals surface area contributed by atoms with Crippen molar-refractivity contribution < 1.29 is 9.53 Å². The van der Waals surface area contributed by atoms with Crippen molar-refractivity contribution in [1.29, 1.82) is 0 Å². The van der Waals surface area contributed by atoms with Crippen molar-refractivity contribution in [2.45, 2.75) is 64.5 Å². The van der Waals surface area contributed by atoms with Gasteiger partial charge in [0.05, 0.1) is 12.6 Å². The smallest absolute Gasteiger partial charge is 0.241 e. The highest BCUT2D eigenvalue weighted by molar-refractivity contribution is 5.81. The molecule has 0 saturated heterocycles. The number of benzene rings is 1. The maximum atomic E-state index is 12.4. The summed E-state index contributed by atoms with van der Waals surface area (Å²) < 4.78 is 5.82. The first-order chi connectivity index (χ1) is 11.1. The predicted molar refractivity (Wildman–Crippen MR) is 95.0 cm³/mol. The van der Waals surface area contributed by atoms with Gasteiger partial charge in [0.15, 0.2) is 0 Å². The lowest BCUT2D eigenvalue weighted by atomic mass is 9.94. The average molecular weight is 318 g/mol. The van der Waals surface area contributed by atoms with Crippen LogP contribution in [0.1, 0.15) is 52.4 Å². The van der Waals surface area contributed by atoms with Crippen LogP contribution >= 0.6 is 0 Å². The fourth-order valence-electron chi connectivity index (χ4n) is 2.97. The molecule has 0 heterocycles. The zero-order chi connectivity index (χ0) is 16.7. The van der Waals surface area contributed by atoms with Gasteiger partial charge in [-0.05, 0) is 38.3 Å². The first kappa shape index (κ1) is 17.6. The van der Waals surface area contributed by atoms with Gasteiger partial charge >= 0.3 is 0 Å². The molecule has 0 aliphatic heterocycles. The maximum Gasteiger partial charge on any atom is 0.241 e. The molecule has 0 aromatic heterocycles. The molecule has 1 atom stereocenters. The molecule has 0 radical (unpaired) electrons. The number of carbonyl (C=O) groups is 1. The summed E-state index contributed by atoms with van der Waals surface area (Å²) in [6, 6.07) is 8.25. The van der Waals surface area contributed by atoms with Crippen molar-refractivity contribution in [3.8, 4) is 5.75 Å². The van der Waals surface area contributed by atoms with Crippen molar-refractivity contribution in [3.05, 3.63) is 24.3 Å². The molecule has 1 aromatic rings. The Bertz CT molecular complexity index is 498. The number of amides is 1. The second-order valence-electron chi connectivity index (χ2n) is 6.51. The molecular weight excluding hydrogens is 288 g/mol. The van der Waals surface area contributed by atoms with Crippen LogP contribution in [-0.2, 0) is 4.79 Å². The summed E-state index contributed by atoms with van der Waals surface area (Å²) in [5.41, 5.74) is 0.927. The molecule has 1 aliphatic carbocycles. The second-order valence-corrected chi connectivity index (χ2v) is 6.51. The molecule has 4 heteroatoms. The Balaban J connectivity index is 1.84. The topological polar surface area (TPSA) is 41.6 Å². The van der Waals surface area contributed by atoms with Gasteiger partial charge in [-0.25, -0.2) is 0 Å². The third-order valence-electron chi connectivity index (χ3n) is 4.71. The number of nitrogens with one attached hydrogen (secondary N) is 1. The number of nitrogens with zero attached hydrogens (tertiary/aromatic N) is 1. The summed E-state index contributed by atoms with van der Waals surface area (Å²) >= 11 is 0. The van der Waals surface area contributed by atoms with E-state index in [4.69, 9.17) is 4.74 Å². The number of ether oxygens (including phenoxy) is 1. The van der Waals surface area contributed by atoms with Gasteiger partial charge in [-0.1, -0.05) is 32.3 Å². The highest BCUT2D eigenvalue weighted by atomic mass is 16.5. The van der Waals surface area contributed by atoms with Crippen LogP contribution in [0.2, 0.25) is 0 Å². The SMILES string of the molecule is CCC(C)Oc1cccc(NCC(=O)N(C)C2CCCCC2)c1. The van der Waals surface area contributed by atoms with Crippen molar-refractivity contribution >= 4 is 11.6 Å². The zero-order valence-corrected chi connectivity index (χ0v) is 14.7. The molecule has 1 fully saturated rings. The van der Waals surface area contributed by atoms with E-state index in [1.165, 1.54) is 19.3 Å². The Morgan fingerprint density at radius 2 is 2.09 bits per heavy atom. The van der Waals surface area contributed by atoms with Crippen LogP contribution in [0.5, 0.6) is 5.75 Å². The third-order valence-corrected chi connectivity index (χ3v) is 4.71. The number of hydrogen-bond donors (Lipinski definition) is 1. The Hall–Kier alpha value is -1.71. The van der Waals surface area contributed by atoms with Crippen molar-refractivity contribution in [1.82, 2.24) is 4.90 Å². The van der Waals surface area contributed by atoms with E-state index >= 15 is 0 Å². The maximum absolute atomic E-state index is 12.4. The fraction of sp³-hybridized carbons (Fsp3) is 0.632. The van der Waals surface area contributed by atoms with Crippen LogP contribution < -0.4 is 10.1 Å². The second kappa shape index (κ2) is 8.80. The van der Waals surface area contributed by atoms with Crippen LogP contribution in [0.3, 0.4) is 0 Å². The Labute approximate surface area is 140 Å². The largest absolute Gasteiger partial charge is 0.491 e. The van der Waals surface area contributed by atoms with Crippen LogP contribution in [0.15, 0.2) is 24.3 Å². The lowest BCUT2D eigenvalue weighted by Gasteiger charge is -2.31. The Morgan fingerprint density at radius 1 is 1.35 bits per heavy atom. The minimum absolute atomic E-state index is 0.158. The standard InChI is InChI=1S/C19H30N2O2/c1-4-15(2)23-18-12-8-9-16(13-18)20-14-19(22)21(3)17-10-6-5-7-11-17/h8-9,12-13,15,17,20H,4-7,10-11,14H2,1-3H3. The lowest BCUT2D eigenvalue weighted by Crippen LogP contribution is -2.41. The minimum atomic E-state index is 0.158. The normalized spacial score (nSPS) is 16.7. The van der Waals surface area contributed by atoms with E-state index in [0.29, 0.717) is 12.6 Å². The molecule has 1 amide bonds. The minimum Gasteiger partial charge on any atom is -0.491 e. The third kappa shape index (κ3) is 5.45. The number of rotatable bonds is 7. The average Bonchev–Trinajstić information content (AvgIpc) is 2.60. The molecule has 4 nitrogen and oxygen atoms in total. The monoisotopic (exact) mass is 318 g/mol. The molecule has 1 saturated carbocycles. The lowest BCUT2D eigenvalue weighted by molar-refractivity contribution is -0.130. The van der Waals surface area contributed by atoms with Gasteiger partial charge in [-0.15, -0.1) is 0 Å². The molecule has 23 heavy (non-hydrogen) atoms. The van der Waals surface area contributed by atoms with E-state index in [1.54, 1.807) is 0 Å². The molecular formula is C19H30N2O2. The van der Waals surface area contributed by atoms with Crippen LogP contribution in [0, 0.1) is 0 Å². The van der Waals surface area contributed by atoms with Gasteiger partial charge in [0.1, 0.15) is 5.75 Å². The first-order valence-corrected chi connectivity index (χ1v) is 8.86. The highest BCUT2D eigenvalue weighted by Crippen LogP contribution is 2.22. The number of anilines is 1. The van der Waals surface area contributed by atoms with Gasteiger partial charge < -0.3 is 15.0 Å². The summed E-state index contributed by atoms with van der Waals surface area (Å²) in [7, 11) is 1.93. The highest BCUT2D eigenvalue weighted by Gasteiger charge is 2.21. The van der Waals surface area contributed by atoms with Crippen molar-refractivity contribution in [2.24, 2.45) is 0 Å². The molecule has 0 spiro atoms. The molecule has 0 bridgehead atoms. The summed E-state index contributed by atoms with van der Waals surface area (Å²) in [6.07, 6.45) is 7.24. The van der Waals surface area contributed by atoms with Crippen molar-refractivity contribution in [2.75, 3.05) is 18.9 Å². The van der Waals surface area contributed by atoms with E-state index in [9.17, 15) is 4.79 Å². The van der Waals surface area contributed by atoms with Crippen LogP contribution in [0.4, 0.5) is 5.69 Å². The van der Waals surface area contributed by atoms with Gasteiger partial charge in [0.2, 0.25) is 5.91 Å². The Kier molecular flexibility index (Phi) is 6.75. The molecule has 1 unspecified atom stereocenters. The van der Waals surface area contributed by atoms with E-state index in [2.05, 4.69) is 19.2 Å². The number of likely N-dealkylation sites (N-methyl/N-ethyl adjacent to an activating group) is 1. The first-order valence-electron chi connectivity index (χ1n) is 8.86. The molecule has 1 aromatic carbocycles. The predicted octanol–water partition coefficient (Wildman–Crippen LogP) is 4.07. The Morgan fingerprint density at radius 3 is 2.78 bits per heavy atom. The summed E-state index contributed by atoms with van der Waals surface area (Å²) in [6.45, 7) is 4.50. The summed E-state index contributed by atoms with van der Waals surface area (Å²) in [5.74, 6) is 1.00. The van der Waals surface area contributed by atoms with Gasteiger partial charge in [0, 0.05) is 24.8 Å². The fourth-order valence-corrected chi connectivity index (χ4v) is 2.97. The van der Waals surface area contributed by atoms with E-state index < -0.39 is 0 Å². The van der Waals surface area contributed by atoms with Gasteiger partial charge in [-0.3, -0.25) is 4.79 Å². The van der Waals surface area contributed by atoms with Gasteiger partial charge in [-0.2, -0.15) is 0 Å². The van der Waals surface area contributed by atoms with E-state index in [0.717, 1.165) is 30.7 Å². The summed E-state index contributed by atoms with van der Waals surface area (Å²) in [4.78, 5) is 14.3. The van der Waals surface area contributed by atoms with Crippen molar-refractivity contribution in [3.63, 3.8) is 0 Å². The van der Waals surface area contributed by atoms with Crippen LogP contribution in [0.25, 0.3) is 0 Å². The van der Waals surface area contributed by atoms with E-state index in [-0.39, 0.29) is 12.0 Å². The summed E-state index contributed by atoms with van der Waals surface area (Å²) in [5, 5.41) is 3.22. The molecule has 1 N–H and O–H groups in total. The van der Waals surface area contributed by atoms with E-state index in [1.807, 2.05) is 36.2 Å². The molecule has 128 valence electrons. The number of hydrogen-bond acceptors (Lipinski definition) is 3. The van der Waals surface area contributed by atoms with Crippen LogP contribution in [-0.4, -0.2) is 36.5 Å². The quantitative estimate of drug-likeness (QED) is 0.824.